The van der Waals surface area contributed by atoms with E-state index in [1.807, 2.05) is 11.3 Å². The summed E-state index contributed by atoms with van der Waals surface area (Å²) >= 11 is 1.84. The minimum absolute atomic E-state index is 0.143. The maximum atomic E-state index is 6.36. The summed E-state index contributed by atoms with van der Waals surface area (Å²) in [5.74, 6) is 0. The molecule has 0 bridgehead atoms. The normalized spacial score (nSPS) is 19.4. The molecular formula is C13H22N2S. The number of thiophene rings is 1. The predicted molar refractivity (Wildman–Crippen MR) is 70.7 cm³/mol. The van der Waals surface area contributed by atoms with Crippen LogP contribution in [0.2, 0.25) is 0 Å². The lowest BCUT2D eigenvalue weighted by Crippen LogP contribution is -2.39. The van der Waals surface area contributed by atoms with E-state index in [0.717, 1.165) is 19.5 Å². The minimum atomic E-state index is 0.143. The summed E-state index contributed by atoms with van der Waals surface area (Å²) in [5.41, 5.74) is 6.50. The van der Waals surface area contributed by atoms with Crippen molar-refractivity contribution < 1.29 is 0 Å². The number of hydrogen-bond donors (Lipinski definition) is 1. The third-order valence-corrected chi connectivity index (χ3v) is 4.46. The zero-order valence-electron chi connectivity index (χ0n) is 10.1. The molecular weight excluding hydrogens is 216 g/mol. The SMILES string of the molecule is CN(CCC1(N)CCCC1)Cc1cccs1. The molecule has 0 spiro atoms. The maximum Gasteiger partial charge on any atom is 0.0324 e. The minimum Gasteiger partial charge on any atom is -0.325 e. The van der Waals surface area contributed by atoms with Gasteiger partial charge in [-0.25, -0.2) is 0 Å². The van der Waals surface area contributed by atoms with E-state index >= 15 is 0 Å². The Morgan fingerprint density at radius 1 is 1.44 bits per heavy atom. The first-order valence-electron chi connectivity index (χ1n) is 6.18. The van der Waals surface area contributed by atoms with Crippen LogP contribution in [-0.4, -0.2) is 24.0 Å². The van der Waals surface area contributed by atoms with Crippen LogP contribution in [-0.2, 0) is 6.54 Å². The zero-order chi connectivity index (χ0) is 11.4. The van der Waals surface area contributed by atoms with Gasteiger partial charge in [0.2, 0.25) is 0 Å². The van der Waals surface area contributed by atoms with Crippen molar-refractivity contribution in [1.29, 1.82) is 0 Å². The van der Waals surface area contributed by atoms with Crippen LogP contribution in [0.15, 0.2) is 17.5 Å². The molecule has 0 saturated heterocycles. The fourth-order valence-corrected chi connectivity index (χ4v) is 3.27. The average Bonchev–Trinajstić information content (AvgIpc) is 2.88. The van der Waals surface area contributed by atoms with E-state index in [1.54, 1.807) is 0 Å². The predicted octanol–water partition coefficient (Wildman–Crippen LogP) is 2.84. The molecule has 90 valence electrons. The fourth-order valence-electron chi connectivity index (χ4n) is 2.49. The molecule has 3 heteroatoms. The first-order chi connectivity index (χ1) is 7.68. The van der Waals surface area contributed by atoms with Gasteiger partial charge in [-0.05, 0) is 44.3 Å². The van der Waals surface area contributed by atoms with Crippen LogP contribution >= 0.6 is 11.3 Å². The third kappa shape index (κ3) is 3.30. The summed E-state index contributed by atoms with van der Waals surface area (Å²) in [6.45, 7) is 2.18. The van der Waals surface area contributed by atoms with E-state index in [0.29, 0.717) is 0 Å². The number of rotatable bonds is 5. The van der Waals surface area contributed by atoms with E-state index in [-0.39, 0.29) is 5.54 Å². The summed E-state index contributed by atoms with van der Waals surface area (Å²) in [6, 6.07) is 4.32. The molecule has 1 fully saturated rings. The van der Waals surface area contributed by atoms with Crippen molar-refractivity contribution in [3.8, 4) is 0 Å². The lowest BCUT2D eigenvalue weighted by atomic mass is 9.94. The van der Waals surface area contributed by atoms with Crippen LogP contribution < -0.4 is 5.73 Å². The van der Waals surface area contributed by atoms with E-state index in [1.165, 1.54) is 30.6 Å². The van der Waals surface area contributed by atoms with Crippen molar-refractivity contribution >= 4 is 11.3 Å². The molecule has 1 aromatic heterocycles. The van der Waals surface area contributed by atoms with Crippen LogP contribution in [0.1, 0.15) is 37.0 Å². The molecule has 0 unspecified atom stereocenters. The van der Waals surface area contributed by atoms with Crippen molar-refractivity contribution in [3.05, 3.63) is 22.4 Å². The molecule has 2 nitrogen and oxygen atoms in total. The van der Waals surface area contributed by atoms with Gasteiger partial charge >= 0.3 is 0 Å². The molecule has 0 aliphatic heterocycles. The molecule has 1 aliphatic rings. The highest BCUT2D eigenvalue weighted by Gasteiger charge is 2.28. The zero-order valence-corrected chi connectivity index (χ0v) is 10.9. The van der Waals surface area contributed by atoms with Gasteiger partial charge in [-0.1, -0.05) is 18.9 Å². The Morgan fingerprint density at radius 2 is 2.19 bits per heavy atom. The second-order valence-corrected chi connectivity index (χ2v) is 6.17. The molecule has 1 aromatic rings. The summed E-state index contributed by atoms with van der Waals surface area (Å²) < 4.78 is 0. The molecule has 0 radical (unpaired) electrons. The second kappa shape index (κ2) is 5.30. The Balaban J connectivity index is 1.73. The third-order valence-electron chi connectivity index (χ3n) is 3.60. The Hall–Kier alpha value is -0.380. The first kappa shape index (κ1) is 12.1. The molecule has 16 heavy (non-hydrogen) atoms. The highest BCUT2D eigenvalue weighted by molar-refractivity contribution is 7.09. The van der Waals surface area contributed by atoms with Crippen molar-refractivity contribution in [1.82, 2.24) is 4.90 Å². The van der Waals surface area contributed by atoms with Crippen LogP contribution in [0.3, 0.4) is 0 Å². The smallest absolute Gasteiger partial charge is 0.0324 e. The standard InChI is InChI=1S/C13H22N2S/c1-15(11-12-5-4-10-16-12)9-8-13(14)6-2-3-7-13/h4-5,10H,2-3,6-9,11,14H2,1H3. The van der Waals surface area contributed by atoms with Crippen molar-refractivity contribution in [2.75, 3.05) is 13.6 Å². The van der Waals surface area contributed by atoms with Crippen LogP contribution in [0.25, 0.3) is 0 Å². The van der Waals surface area contributed by atoms with Crippen LogP contribution in [0.4, 0.5) is 0 Å². The largest absolute Gasteiger partial charge is 0.325 e. The topological polar surface area (TPSA) is 29.3 Å². The number of nitrogens with zero attached hydrogens (tertiary/aromatic N) is 1. The van der Waals surface area contributed by atoms with Gasteiger partial charge in [0.25, 0.3) is 0 Å². The van der Waals surface area contributed by atoms with Crippen LogP contribution in [0, 0.1) is 0 Å². The molecule has 2 N–H and O–H groups in total. The van der Waals surface area contributed by atoms with Gasteiger partial charge < -0.3 is 10.6 Å². The summed E-state index contributed by atoms with van der Waals surface area (Å²) in [6.07, 6.45) is 6.24. The first-order valence-corrected chi connectivity index (χ1v) is 7.06. The van der Waals surface area contributed by atoms with Crippen LogP contribution in [0.5, 0.6) is 0 Å². The van der Waals surface area contributed by atoms with Gasteiger partial charge in [-0.2, -0.15) is 0 Å². The summed E-state index contributed by atoms with van der Waals surface area (Å²) in [5, 5.41) is 2.14. The lowest BCUT2D eigenvalue weighted by Gasteiger charge is -2.26. The maximum absolute atomic E-state index is 6.36. The Kier molecular flexibility index (Phi) is 4.00. The van der Waals surface area contributed by atoms with Gasteiger partial charge in [0.15, 0.2) is 0 Å². The monoisotopic (exact) mass is 238 g/mol. The van der Waals surface area contributed by atoms with E-state index in [4.69, 9.17) is 5.73 Å². The Morgan fingerprint density at radius 3 is 2.81 bits per heavy atom. The fraction of sp³-hybridized carbons (Fsp3) is 0.692. The summed E-state index contributed by atoms with van der Waals surface area (Å²) in [7, 11) is 2.19. The molecule has 1 aliphatic carbocycles. The van der Waals surface area contributed by atoms with E-state index in [9.17, 15) is 0 Å². The second-order valence-electron chi connectivity index (χ2n) is 5.14. The highest BCUT2D eigenvalue weighted by atomic mass is 32.1. The summed E-state index contributed by atoms with van der Waals surface area (Å²) in [4.78, 5) is 3.83. The van der Waals surface area contributed by atoms with Crippen molar-refractivity contribution in [2.45, 2.75) is 44.2 Å². The Bertz CT molecular complexity index is 302. The molecule has 2 rings (SSSR count). The van der Waals surface area contributed by atoms with E-state index < -0.39 is 0 Å². The number of hydrogen-bond acceptors (Lipinski definition) is 3. The van der Waals surface area contributed by atoms with Crippen molar-refractivity contribution in [3.63, 3.8) is 0 Å². The van der Waals surface area contributed by atoms with Gasteiger partial charge in [0.1, 0.15) is 0 Å². The molecule has 0 aromatic carbocycles. The lowest BCUT2D eigenvalue weighted by molar-refractivity contribution is 0.275. The van der Waals surface area contributed by atoms with Gasteiger partial charge in [-0.15, -0.1) is 11.3 Å². The van der Waals surface area contributed by atoms with Gasteiger partial charge in [-0.3, -0.25) is 0 Å². The Labute approximate surface area is 102 Å². The highest BCUT2D eigenvalue weighted by Crippen LogP contribution is 2.30. The molecule has 1 heterocycles. The molecule has 0 amide bonds. The number of nitrogens with two attached hydrogens (primary N) is 1. The molecule has 1 saturated carbocycles. The van der Waals surface area contributed by atoms with E-state index in [2.05, 4.69) is 29.5 Å². The average molecular weight is 238 g/mol. The van der Waals surface area contributed by atoms with Gasteiger partial charge in [0.05, 0.1) is 0 Å². The van der Waals surface area contributed by atoms with Crippen molar-refractivity contribution in [2.24, 2.45) is 5.73 Å². The molecule has 0 atom stereocenters. The van der Waals surface area contributed by atoms with Gasteiger partial charge in [0, 0.05) is 17.0 Å². The quantitative estimate of drug-likeness (QED) is 0.854.